The molecular weight excluding hydrogens is 294 g/mol. The van der Waals surface area contributed by atoms with Crippen molar-refractivity contribution in [1.82, 2.24) is 10.3 Å². The van der Waals surface area contributed by atoms with Gasteiger partial charge < -0.3 is 9.73 Å². The van der Waals surface area contributed by atoms with Crippen molar-refractivity contribution in [3.63, 3.8) is 0 Å². The van der Waals surface area contributed by atoms with Gasteiger partial charge in [-0.15, -0.1) is 0 Å². The van der Waals surface area contributed by atoms with Gasteiger partial charge >= 0.3 is 0 Å². The average Bonchev–Trinajstić information content (AvgIpc) is 2.84. The largest absolute Gasteiger partial charge is 0.438 e. The van der Waals surface area contributed by atoms with Crippen LogP contribution in [-0.2, 0) is 10.0 Å². The topological polar surface area (TPSA) is 115 Å². The highest BCUT2D eigenvalue weighted by molar-refractivity contribution is 7.89. The molecule has 0 saturated carbocycles. The number of aromatic nitrogens is 1. The number of hydrogen-bond acceptors (Lipinski definition) is 5. The van der Waals surface area contributed by atoms with Crippen LogP contribution >= 0.6 is 0 Å². The van der Waals surface area contributed by atoms with Gasteiger partial charge in [0.1, 0.15) is 0 Å². The zero-order valence-corrected chi connectivity index (χ0v) is 12.3. The Hall–Kier alpha value is -2.19. The first-order chi connectivity index (χ1) is 9.79. The molecule has 8 heteroatoms. The number of primary sulfonamides is 1. The fourth-order valence-corrected chi connectivity index (χ4v) is 2.39. The number of carbonyl (C=O) groups is 1. The molecule has 1 unspecified atom stereocenters. The zero-order valence-electron chi connectivity index (χ0n) is 11.5. The van der Waals surface area contributed by atoms with E-state index in [1.807, 2.05) is 0 Å². The lowest BCUT2D eigenvalue weighted by Gasteiger charge is -2.14. The van der Waals surface area contributed by atoms with E-state index in [-0.39, 0.29) is 10.7 Å². The highest BCUT2D eigenvalue weighted by Crippen LogP contribution is 2.17. The maximum absolute atomic E-state index is 12.0. The lowest BCUT2D eigenvalue weighted by molar-refractivity contribution is 0.0911. The minimum atomic E-state index is -3.78. The van der Waals surface area contributed by atoms with Crippen LogP contribution < -0.4 is 10.5 Å². The van der Waals surface area contributed by atoms with E-state index in [4.69, 9.17) is 9.56 Å². The van der Waals surface area contributed by atoms with Crippen LogP contribution in [0.15, 0.2) is 40.0 Å². The number of oxazole rings is 1. The summed E-state index contributed by atoms with van der Waals surface area (Å²) in [6.45, 7) is 3.39. The van der Waals surface area contributed by atoms with Crippen LogP contribution in [0.4, 0.5) is 0 Å². The predicted molar refractivity (Wildman–Crippen MR) is 74.9 cm³/mol. The van der Waals surface area contributed by atoms with Gasteiger partial charge in [0, 0.05) is 0 Å². The van der Waals surface area contributed by atoms with E-state index in [9.17, 15) is 13.2 Å². The highest BCUT2D eigenvalue weighted by atomic mass is 32.2. The number of aryl methyl sites for hydroxylation is 1. The van der Waals surface area contributed by atoms with Gasteiger partial charge in [-0.3, -0.25) is 4.79 Å². The Labute approximate surface area is 122 Å². The minimum Gasteiger partial charge on any atom is -0.438 e. The highest BCUT2D eigenvalue weighted by Gasteiger charge is 2.18. The third-order valence-electron chi connectivity index (χ3n) is 2.99. The van der Waals surface area contributed by atoms with Crippen molar-refractivity contribution in [2.75, 3.05) is 0 Å². The van der Waals surface area contributed by atoms with Crippen molar-refractivity contribution in [2.24, 2.45) is 5.14 Å². The van der Waals surface area contributed by atoms with Crippen LogP contribution in [0.2, 0.25) is 0 Å². The molecule has 3 N–H and O–H groups in total. The molecule has 1 atom stereocenters. The molecule has 7 nitrogen and oxygen atoms in total. The van der Waals surface area contributed by atoms with E-state index < -0.39 is 22.0 Å². The number of sulfonamides is 1. The molecule has 1 amide bonds. The number of benzene rings is 1. The SMILES string of the molecule is Cc1ncoc1C(=O)NC(C)c1cccc(S(N)(=O)=O)c1. The summed E-state index contributed by atoms with van der Waals surface area (Å²) >= 11 is 0. The summed E-state index contributed by atoms with van der Waals surface area (Å²) in [5.41, 5.74) is 1.10. The number of amides is 1. The molecule has 1 aromatic heterocycles. The molecule has 1 aromatic carbocycles. The smallest absolute Gasteiger partial charge is 0.289 e. The van der Waals surface area contributed by atoms with Crippen molar-refractivity contribution in [1.29, 1.82) is 0 Å². The monoisotopic (exact) mass is 309 g/mol. The van der Waals surface area contributed by atoms with Gasteiger partial charge in [-0.1, -0.05) is 12.1 Å². The number of nitrogens with one attached hydrogen (secondary N) is 1. The summed E-state index contributed by atoms with van der Waals surface area (Å²) in [6, 6.07) is 5.68. The molecule has 0 aliphatic heterocycles. The molecule has 2 rings (SSSR count). The number of nitrogens with two attached hydrogens (primary N) is 1. The van der Waals surface area contributed by atoms with E-state index >= 15 is 0 Å². The fraction of sp³-hybridized carbons (Fsp3) is 0.231. The number of carbonyl (C=O) groups excluding carboxylic acids is 1. The third kappa shape index (κ3) is 3.47. The molecule has 112 valence electrons. The maximum Gasteiger partial charge on any atom is 0.289 e. The molecule has 0 saturated heterocycles. The van der Waals surface area contributed by atoms with Crippen molar-refractivity contribution in [2.45, 2.75) is 24.8 Å². The van der Waals surface area contributed by atoms with Crippen LogP contribution in [-0.4, -0.2) is 19.3 Å². The minimum absolute atomic E-state index is 0.00283. The second kappa shape index (κ2) is 5.66. The van der Waals surface area contributed by atoms with Gasteiger partial charge in [0.05, 0.1) is 16.6 Å². The van der Waals surface area contributed by atoms with Crippen LogP contribution in [0, 0.1) is 6.92 Å². The fourth-order valence-electron chi connectivity index (χ4n) is 1.83. The maximum atomic E-state index is 12.0. The van der Waals surface area contributed by atoms with Gasteiger partial charge in [0.25, 0.3) is 5.91 Å². The van der Waals surface area contributed by atoms with Gasteiger partial charge in [-0.25, -0.2) is 18.5 Å². The molecule has 0 bridgehead atoms. The van der Waals surface area contributed by atoms with E-state index in [1.165, 1.54) is 18.5 Å². The molecule has 0 aliphatic carbocycles. The van der Waals surface area contributed by atoms with Gasteiger partial charge in [0.15, 0.2) is 6.39 Å². The van der Waals surface area contributed by atoms with Crippen molar-refractivity contribution in [3.05, 3.63) is 47.7 Å². The first-order valence-electron chi connectivity index (χ1n) is 6.12. The standard InChI is InChI=1S/C13H15N3O4S/c1-8(16-13(17)12-9(2)15-7-20-12)10-4-3-5-11(6-10)21(14,18)19/h3-8H,1-2H3,(H,16,17)(H2,14,18,19). The van der Waals surface area contributed by atoms with Crippen molar-refractivity contribution in [3.8, 4) is 0 Å². The Kier molecular flexibility index (Phi) is 4.10. The van der Waals surface area contributed by atoms with Gasteiger partial charge in [-0.2, -0.15) is 0 Å². The number of hydrogen-bond donors (Lipinski definition) is 2. The molecule has 0 spiro atoms. The average molecular weight is 309 g/mol. The molecular formula is C13H15N3O4S. The van der Waals surface area contributed by atoms with Crippen molar-refractivity contribution >= 4 is 15.9 Å². The summed E-state index contributed by atoms with van der Waals surface area (Å²) in [7, 11) is -3.78. The first-order valence-corrected chi connectivity index (χ1v) is 7.67. The normalized spacial score (nSPS) is 12.9. The Bertz CT molecular complexity index is 767. The summed E-state index contributed by atoms with van der Waals surface area (Å²) in [5, 5.41) is 7.80. The molecule has 0 aliphatic rings. The second-order valence-corrected chi connectivity index (χ2v) is 6.14. The second-order valence-electron chi connectivity index (χ2n) is 4.58. The molecule has 2 aromatic rings. The Morgan fingerprint density at radius 2 is 2.14 bits per heavy atom. The summed E-state index contributed by atoms with van der Waals surface area (Å²) in [4.78, 5) is 15.8. The predicted octanol–water partition coefficient (Wildman–Crippen LogP) is 1.12. The summed E-state index contributed by atoms with van der Waals surface area (Å²) in [6.07, 6.45) is 1.19. The lowest BCUT2D eigenvalue weighted by Crippen LogP contribution is -2.27. The van der Waals surface area contributed by atoms with Gasteiger partial charge in [0.2, 0.25) is 15.8 Å². The zero-order chi connectivity index (χ0) is 15.6. The van der Waals surface area contributed by atoms with Crippen LogP contribution in [0.25, 0.3) is 0 Å². The lowest BCUT2D eigenvalue weighted by atomic mass is 10.1. The van der Waals surface area contributed by atoms with Crippen molar-refractivity contribution < 1.29 is 17.6 Å². The summed E-state index contributed by atoms with van der Waals surface area (Å²) < 4.78 is 27.7. The Morgan fingerprint density at radius 1 is 1.43 bits per heavy atom. The molecule has 0 radical (unpaired) electrons. The van der Waals surface area contributed by atoms with Crippen LogP contribution in [0.1, 0.15) is 34.8 Å². The van der Waals surface area contributed by atoms with E-state index in [1.54, 1.807) is 26.0 Å². The number of nitrogens with zero attached hydrogens (tertiary/aromatic N) is 1. The molecule has 21 heavy (non-hydrogen) atoms. The Balaban J connectivity index is 2.19. The van der Waals surface area contributed by atoms with E-state index in [0.717, 1.165) is 0 Å². The van der Waals surface area contributed by atoms with Crippen LogP contribution in [0.5, 0.6) is 0 Å². The Morgan fingerprint density at radius 3 is 2.71 bits per heavy atom. The summed E-state index contributed by atoms with van der Waals surface area (Å²) in [5.74, 6) is -0.289. The van der Waals surface area contributed by atoms with E-state index in [0.29, 0.717) is 11.3 Å². The molecule has 0 fully saturated rings. The molecule has 1 heterocycles. The van der Waals surface area contributed by atoms with Crippen LogP contribution in [0.3, 0.4) is 0 Å². The number of rotatable bonds is 4. The van der Waals surface area contributed by atoms with E-state index in [2.05, 4.69) is 10.3 Å². The first kappa shape index (κ1) is 15.2. The quantitative estimate of drug-likeness (QED) is 0.878. The van der Waals surface area contributed by atoms with Gasteiger partial charge in [-0.05, 0) is 31.5 Å². The third-order valence-corrected chi connectivity index (χ3v) is 3.90.